The molecule has 0 aliphatic heterocycles. The number of H-pyrrole nitrogens is 1. The lowest BCUT2D eigenvalue weighted by atomic mass is 9.96. The van der Waals surface area contributed by atoms with E-state index in [9.17, 15) is 0 Å². The van der Waals surface area contributed by atoms with Gasteiger partial charge in [0.05, 0.1) is 6.33 Å². The lowest BCUT2D eigenvalue weighted by Gasteiger charge is -2.27. The van der Waals surface area contributed by atoms with Gasteiger partial charge >= 0.3 is 0 Å². The first-order valence-corrected chi connectivity index (χ1v) is 5.54. The first kappa shape index (κ1) is 11.6. The first-order chi connectivity index (χ1) is 7.87. The minimum atomic E-state index is 0.181. The van der Waals surface area contributed by atoms with Gasteiger partial charge in [0, 0.05) is 13.6 Å². The molecule has 17 heavy (non-hydrogen) atoms. The second-order valence-corrected chi connectivity index (χ2v) is 5.42. The van der Waals surface area contributed by atoms with E-state index in [1.54, 1.807) is 6.33 Å². The van der Waals surface area contributed by atoms with E-state index in [1.165, 1.54) is 0 Å². The summed E-state index contributed by atoms with van der Waals surface area (Å²) >= 11 is 0. The zero-order valence-electron chi connectivity index (χ0n) is 10.7. The third-order valence-electron chi connectivity index (χ3n) is 2.36. The molecule has 2 aromatic rings. The maximum Gasteiger partial charge on any atom is 0.224 e. The Morgan fingerprint density at radius 3 is 2.71 bits per heavy atom. The Morgan fingerprint density at radius 1 is 1.35 bits per heavy atom. The SMILES string of the molecule is CN(CC(C)(C)C)c1nc(N)nc2nc[nH]c12. The highest BCUT2D eigenvalue weighted by atomic mass is 15.2. The summed E-state index contributed by atoms with van der Waals surface area (Å²) in [4.78, 5) is 17.6. The van der Waals surface area contributed by atoms with E-state index >= 15 is 0 Å². The summed E-state index contributed by atoms with van der Waals surface area (Å²) in [5.74, 6) is 1.04. The van der Waals surface area contributed by atoms with Crippen molar-refractivity contribution in [1.82, 2.24) is 19.9 Å². The van der Waals surface area contributed by atoms with Gasteiger partial charge in [-0.15, -0.1) is 0 Å². The standard InChI is InChI=1S/C11H18N6/c1-11(2,3)5-17(4)9-7-8(14-6-13-7)15-10(12)16-9/h6H,5H2,1-4H3,(H3,12,13,14,15,16). The fourth-order valence-electron chi connectivity index (χ4n) is 1.90. The molecule has 2 heterocycles. The molecule has 0 saturated heterocycles. The maximum absolute atomic E-state index is 5.68. The summed E-state index contributed by atoms with van der Waals surface area (Å²) in [5, 5.41) is 0. The fraction of sp³-hybridized carbons (Fsp3) is 0.545. The molecule has 0 saturated carbocycles. The number of nitrogens with one attached hydrogen (secondary N) is 1. The summed E-state index contributed by atoms with van der Waals surface area (Å²) in [6.45, 7) is 7.41. The number of aromatic amines is 1. The van der Waals surface area contributed by atoms with E-state index < -0.39 is 0 Å². The second kappa shape index (κ2) is 3.87. The van der Waals surface area contributed by atoms with Crippen LogP contribution in [0.15, 0.2) is 6.33 Å². The minimum absolute atomic E-state index is 0.181. The molecular weight excluding hydrogens is 216 g/mol. The number of nitrogen functional groups attached to an aromatic ring is 1. The maximum atomic E-state index is 5.68. The number of anilines is 2. The Balaban J connectivity index is 2.43. The number of fused-ring (bicyclic) bond motifs is 1. The van der Waals surface area contributed by atoms with Crippen LogP contribution in [-0.4, -0.2) is 33.5 Å². The lowest BCUT2D eigenvalue weighted by Crippen LogP contribution is -2.30. The van der Waals surface area contributed by atoms with Gasteiger partial charge < -0.3 is 15.6 Å². The molecule has 0 bridgehead atoms. The summed E-state index contributed by atoms with van der Waals surface area (Å²) in [6.07, 6.45) is 1.60. The van der Waals surface area contributed by atoms with Gasteiger partial charge in [-0.05, 0) is 5.41 Å². The van der Waals surface area contributed by atoms with Crippen LogP contribution in [-0.2, 0) is 0 Å². The van der Waals surface area contributed by atoms with Crippen molar-refractivity contribution >= 4 is 22.9 Å². The molecule has 0 aliphatic rings. The van der Waals surface area contributed by atoms with Gasteiger partial charge in [-0.1, -0.05) is 20.8 Å². The van der Waals surface area contributed by atoms with Crippen LogP contribution in [0.3, 0.4) is 0 Å². The number of hydrogen-bond acceptors (Lipinski definition) is 5. The molecule has 0 aromatic carbocycles. The van der Waals surface area contributed by atoms with Gasteiger partial charge in [-0.25, -0.2) is 4.98 Å². The summed E-state index contributed by atoms with van der Waals surface area (Å²) in [7, 11) is 1.99. The average Bonchev–Trinajstić information content (AvgIpc) is 2.60. The van der Waals surface area contributed by atoms with Crippen molar-refractivity contribution in [2.24, 2.45) is 5.41 Å². The molecule has 2 aromatic heterocycles. The van der Waals surface area contributed by atoms with Gasteiger partial charge in [0.2, 0.25) is 5.95 Å². The zero-order chi connectivity index (χ0) is 12.6. The predicted molar refractivity (Wildman–Crippen MR) is 68.8 cm³/mol. The molecule has 0 atom stereocenters. The topological polar surface area (TPSA) is 83.7 Å². The van der Waals surface area contributed by atoms with Gasteiger partial charge in [-0.2, -0.15) is 9.97 Å². The fourth-order valence-corrected chi connectivity index (χ4v) is 1.90. The van der Waals surface area contributed by atoms with Crippen molar-refractivity contribution in [3.8, 4) is 0 Å². The van der Waals surface area contributed by atoms with Crippen molar-refractivity contribution in [3.05, 3.63) is 6.33 Å². The molecule has 0 amide bonds. The normalized spacial score (nSPS) is 12.0. The minimum Gasteiger partial charge on any atom is -0.368 e. The van der Waals surface area contributed by atoms with Crippen molar-refractivity contribution in [2.45, 2.75) is 20.8 Å². The molecule has 0 radical (unpaired) electrons. The van der Waals surface area contributed by atoms with Crippen LogP contribution in [0.2, 0.25) is 0 Å². The Bertz CT molecular complexity index is 524. The number of imidazole rings is 1. The molecule has 0 unspecified atom stereocenters. The van der Waals surface area contributed by atoms with Crippen LogP contribution in [0.5, 0.6) is 0 Å². The molecule has 92 valence electrons. The monoisotopic (exact) mass is 234 g/mol. The molecular formula is C11H18N6. The molecule has 3 N–H and O–H groups in total. The summed E-state index contributed by atoms with van der Waals surface area (Å²) in [6, 6.07) is 0. The van der Waals surface area contributed by atoms with Crippen LogP contribution in [0.25, 0.3) is 11.2 Å². The quantitative estimate of drug-likeness (QED) is 0.821. The van der Waals surface area contributed by atoms with Gasteiger partial charge in [-0.3, -0.25) is 0 Å². The van der Waals surface area contributed by atoms with Crippen LogP contribution < -0.4 is 10.6 Å². The second-order valence-electron chi connectivity index (χ2n) is 5.42. The number of hydrogen-bond donors (Lipinski definition) is 2. The largest absolute Gasteiger partial charge is 0.368 e. The lowest BCUT2D eigenvalue weighted by molar-refractivity contribution is 0.418. The number of rotatable bonds is 2. The third-order valence-corrected chi connectivity index (χ3v) is 2.36. The van der Waals surface area contributed by atoms with E-state index in [0.717, 1.165) is 17.9 Å². The van der Waals surface area contributed by atoms with Gasteiger partial charge in [0.1, 0.15) is 5.52 Å². The molecule has 6 nitrogen and oxygen atoms in total. The van der Waals surface area contributed by atoms with E-state index in [1.807, 2.05) is 7.05 Å². The summed E-state index contributed by atoms with van der Waals surface area (Å²) in [5.41, 5.74) is 7.29. The highest BCUT2D eigenvalue weighted by Gasteiger charge is 2.18. The van der Waals surface area contributed by atoms with Crippen LogP contribution in [0.1, 0.15) is 20.8 Å². The van der Waals surface area contributed by atoms with Crippen LogP contribution in [0.4, 0.5) is 11.8 Å². The highest BCUT2D eigenvalue weighted by molar-refractivity contribution is 5.83. The van der Waals surface area contributed by atoms with Crippen molar-refractivity contribution in [3.63, 3.8) is 0 Å². The Kier molecular flexibility index (Phi) is 2.65. The van der Waals surface area contributed by atoms with E-state index in [2.05, 4.69) is 45.6 Å². The van der Waals surface area contributed by atoms with Gasteiger partial charge in [0.25, 0.3) is 0 Å². The number of nitrogens with zero attached hydrogens (tertiary/aromatic N) is 4. The van der Waals surface area contributed by atoms with Crippen LogP contribution >= 0.6 is 0 Å². The Hall–Kier alpha value is -1.85. The Morgan fingerprint density at radius 2 is 2.06 bits per heavy atom. The van der Waals surface area contributed by atoms with Crippen molar-refractivity contribution in [1.29, 1.82) is 0 Å². The smallest absolute Gasteiger partial charge is 0.224 e. The average molecular weight is 234 g/mol. The van der Waals surface area contributed by atoms with Gasteiger partial charge in [0.15, 0.2) is 11.5 Å². The molecule has 0 spiro atoms. The molecule has 2 rings (SSSR count). The Labute approximate surface area is 100 Å². The molecule has 0 fully saturated rings. The van der Waals surface area contributed by atoms with E-state index in [0.29, 0.717) is 5.65 Å². The highest BCUT2D eigenvalue weighted by Crippen LogP contribution is 2.24. The zero-order valence-corrected chi connectivity index (χ0v) is 10.7. The van der Waals surface area contributed by atoms with E-state index in [4.69, 9.17) is 5.73 Å². The molecule has 0 aliphatic carbocycles. The third kappa shape index (κ3) is 2.46. The van der Waals surface area contributed by atoms with Crippen molar-refractivity contribution < 1.29 is 0 Å². The number of aromatic nitrogens is 4. The van der Waals surface area contributed by atoms with Crippen LogP contribution in [0, 0.1) is 5.41 Å². The number of nitrogens with two attached hydrogens (primary N) is 1. The van der Waals surface area contributed by atoms with Crippen molar-refractivity contribution in [2.75, 3.05) is 24.2 Å². The predicted octanol–water partition coefficient (Wildman–Crippen LogP) is 1.42. The molecule has 6 heteroatoms. The first-order valence-electron chi connectivity index (χ1n) is 5.54. The van der Waals surface area contributed by atoms with E-state index in [-0.39, 0.29) is 11.4 Å². The summed E-state index contributed by atoms with van der Waals surface area (Å²) < 4.78 is 0.